The highest BCUT2D eigenvalue weighted by molar-refractivity contribution is 6.62. The summed E-state index contributed by atoms with van der Waals surface area (Å²) in [4.78, 5) is 12.0. The van der Waals surface area contributed by atoms with Crippen molar-refractivity contribution in [3.63, 3.8) is 0 Å². The molecule has 0 aliphatic carbocycles. The summed E-state index contributed by atoms with van der Waals surface area (Å²) < 4.78 is 61.4. The van der Waals surface area contributed by atoms with Crippen molar-refractivity contribution in [1.29, 1.82) is 0 Å². The number of rotatable bonds is 33. The number of ether oxygens (including phenoxy) is 9. The van der Waals surface area contributed by atoms with E-state index in [0.717, 1.165) is 24.1 Å². The molecule has 50 heavy (non-hydrogen) atoms. The molecule has 14 nitrogen and oxygen atoms in total. The number of carbonyl (C=O) groups excluding carboxylic acids is 1. The van der Waals surface area contributed by atoms with Crippen molar-refractivity contribution in [3.8, 4) is 5.75 Å². The van der Waals surface area contributed by atoms with Crippen LogP contribution in [0, 0.1) is 0 Å². The third kappa shape index (κ3) is 20.8. The molecule has 0 unspecified atom stereocenters. The van der Waals surface area contributed by atoms with Gasteiger partial charge in [-0.15, -0.1) is 0 Å². The fourth-order valence-electron chi connectivity index (χ4n) is 4.32. The summed E-state index contributed by atoms with van der Waals surface area (Å²) in [6.45, 7) is 17.7. The highest BCUT2D eigenvalue weighted by Gasteiger charge is 2.51. The van der Waals surface area contributed by atoms with Crippen molar-refractivity contribution >= 4 is 18.5 Å². The van der Waals surface area contributed by atoms with Gasteiger partial charge < -0.3 is 63.0 Å². The van der Waals surface area contributed by atoms with Gasteiger partial charge in [0.25, 0.3) is 0 Å². The minimum atomic E-state index is -0.384. The van der Waals surface area contributed by atoms with Gasteiger partial charge in [-0.2, -0.15) is 0 Å². The zero-order valence-electron chi connectivity index (χ0n) is 30.9. The fourth-order valence-corrected chi connectivity index (χ4v) is 4.32. The first-order valence-electron chi connectivity index (χ1n) is 17.9. The van der Waals surface area contributed by atoms with Crippen molar-refractivity contribution in [2.45, 2.75) is 58.2 Å². The molecule has 1 amide bonds. The molecule has 1 aromatic rings. The Balaban J connectivity index is 1.26. The summed E-state index contributed by atoms with van der Waals surface area (Å²) in [6, 6.07) is 7.81. The molecule has 3 N–H and O–H groups in total. The van der Waals surface area contributed by atoms with Crippen LogP contribution in [-0.2, 0) is 52.0 Å². The Morgan fingerprint density at radius 3 is 1.42 bits per heavy atom. The lowest BCUT2D eigenvalue weighted by atomic mass is 9.79. The smallest absolute Gasteiger partial charge is 0.494 e. The van der Waals surface area contributed by atoms with Crippen LogP contribution in [0.5, 0.6) is 5.75 Å². The molecule has 0 saturated carbocycles. The van der Waals surface area contributed by atoms with Gasteiger partial charge in [0.2, 0.25) is 5.91 Å². The van der Waals surface area contributed by atoms with E-state index in [0.29, 0.717) is 132 Å². The maximum absolute atomic E-state index is 12.0. The van der Waals surface area contributed by atoms with Gasteiger partial charge in [0, 0.05) is 19.5 Å². The molecule has 1 fully saturated rings. The van der Waals surface area contributed by atoms with E-state index >= 15 is 0 Å². The predicted molar refractivity (Wildman–Crippen MR) is 190 cm³/mol. The molecule has 1 heterocycles. The highest BCUT2D eigenvalue weighted by Crippen LogP contribution is 2.36. The second-order valence-electron chi connectivity index (χ2n) is 12.5. The lowest BCUT2D eigenvalue weighted by Gasteiger charge is -2.32. The molecule has 1 saturated heterocycles. The average Bonchev–Trinajstić information content (AvgIpc) is 3.32. The van der Waals surface area contributed by atoms with Crippen molar-refractivity contribution < 1.29 is 56.7 Å². The molecule has 0 aromatic heterocycles. The topological polar surface area (TPSA) is 157 Å². The van der Waals surface area contributed by atoms with E-state index in [4.69, 9.17) is 57.7 Å². The summed E-state index contributed by atoms with van der Waals surface area (Å²) in [7, 11) is -0.384. The zero-order chi connectivity index (χ0) is 36.2. The number of unbranched alkanes of at least 4 members (excludes halogenated alkanes) is 1. The van der Waals surface area contributed by atoms with Gasteiger partial charge in [-0.3, -0.25) is 4.79 Å². The van der Waals surface area contributed by atoms with Gasteiger partial charge in [-0.25, -0.2) is 0 Å². The Labute approximate surface area is 299 Å². The van der Waals surface area contributed by atoms with Crippen LogP contribution in [-0.4, -0.2) is 150 Å². The van der Waals surface area contributed by atoms with E-state index in [1.807, 2.05) is 52.0 Å². The molecule has 288 valence electrons. The number of nitrogens with one attached hydrogen (secondary N) is 1. The van der Waals surface area contributed by atoms with E-state index in [1.165, 1.54) is 0 Å². The van der Waals surface area contributed by atoms with Gasteiger partial charge >= 0.3 is 7.12 Å². The summed E-state index contributed by atoms with van der Waals surface area (Å²) in [5.41, 5.74) is 5.57. The van der Waals surface area contributed by atoms with Gasteiger partial charge in [0.15, 0.2) is 0 Å². The lowest BCUT2D eigenvalue weighted by Crippen LogP contribution is -2.41. The third-order valence-corrected chi connectivity index (χ3v) is 7.91. The maximum atomic E-state index is 12.0. The first kappa shape index (κ1) is 44.3. The molecule has 1 aromatic carbocycles. The minimum absolute atomic E-state index is 0.0280. The summed E-state index contributed by atoms with van der Waals surface area (Å²) >= 11 is 0. The number of benzene rings is 1. The van der Waals surface area contributed by atoms with E-state index in [1.54, 1.807) is 0 Å². The average molecular weight is 715 g/mol. The minimum Gasteiger partial charge on any atom is -0.494 e. The SMILES string of the molecule is CC1(C)OB(c2ccc(OCCCCNC(=O)CCOCCOCCOCCOCCOCCOCCOCCOCCN)cc2)OC1(C)C. The van der Waals surface area contributed by atoms with Crippen molar-refractivity contribution in [3.05, 3.63) is 24.3 Å². The predicted octanol–water partition coefficient (Wildman–Crippen LogP) is 1.74. The van der Waals surface area contributed by atoms with E-state index in [2.05, 4.69) is 5.32 Å². The Morgan fingerprint density at radius 1 is 0.600 bits per heavy atom. The molecule has 0 spiro atoms. The van der Waals surface area contributed by atoms with Crippen LogP contribution < -0.4 is 21.3 Å². The molecular formula is C35H63BN2O12. The maximum Gasteiger partial charge on any atom is 0.494 e. The molecule has 1 aliphatic rings. The van der Waals surface area contributed by atoms with Gasteiger partial charge in [0.05, 0.1) is 124 Å². The lowest BCUT2D eigenvalue weighted by molar-refractivity contribution is -0.122. The van der Waals surface area contributed by atoms with Crippen LogP contribution in [0.2, 0.25) is 0 Å². The number of carbonyl (C=O) groups is 1. The molecule has 15 heteroatoms. The van der Waals surface area contributed by atoms with Gasteiger partial charge in [0.1, 0.15) is 5.75 Å². The standard InChI is InChI=1S/C35H63BN2O12/c1-34(2)35(3,4)50-36(49-34)31-7-9-32(10-8-31)48-14-6-5-13-38-33(39)11-15-40-17-19-42-21-23-44-25-27-46-29-30-47-28-26-45-24-22-43-20-18-41-16-12-37/h7-10H,5-6,11-30,37H2,1-4H3,(H,38,39). The molecule has 2 rings (SSSR count). The van der Waals surface area contributed by atoms with Crippen molar-refractivity contribution in [1.82, 2.24) is 5.32 Å². The van der Waals surface area contributed by atoms with Crippen LogP contribution in [0.15, 0.2) is 24.3 Å². The van der Waals surface area contributed by atoms with Crippen LogP contribution in [0.4, 0.5) is 0 Å². The Hall–Kier alpha value is -1.89. The Morgan fingerprint density at radius 2 is 1.00 bits per heavy atom. The van der Waals surface area contributed by atoms with Crippen LogP contribution in [0.1, 0.15) is 47.0 Å². The second-order valence-corrected chi connectivity index (χ2v) is 12.5. The molecule has 0 bridgehead atoms. The molecule has 1 aliphatic heterocycles. The monoisotopic (exact) mass is 714 g/mol. The number of amides is 1. The summed E-state index contributed by atoms with van der Waals surface area (Å²) in [6.07, 6.45) is 1.98. The number of hydrogen-bond donors (Lipinski definition) is 2. The van der Waals surface area contributed by atoms with E-state index in [9.17, 15) is 4.79 Å². The largest absolute Gasteiger partial charge is 0.494 e. The molecule has 0 radical (unpaired) electrons. The van der Waals surface area contributed by atoms with E-state index in [-0.39, 0.29) is 24.2 Å². The Bertz CT molecular complexity index is 958. The normalized spacial score (nSPS) is 15.1. The Kier molecular flexibility index (Phi) is 24.6. The fraction of sp³-hybridized carbons (Fsp3) is 0.800. The van der Waals surface area contributed by atoms with Gasteiger partial charge in [-0.05, 0) is 58.1 Å². The number of nitrogens with two attached hydrogens (primary N) is 1. The third-order valence-electron chi connectivity index (χ3n) is 7.91. The van der Waals surface area contributed by atoms with Crippen LogP contribution >= 0.6 is 0 Å². The molecular weight excluding hydrogens is 651 g/mol. The van der Waals surface area contributed by atoms with Crippen LogP contribution in [0.3, 0.4) is 0 Å². The highest BCUT2D eigenvalue weighted by atomic mass is 16.7. The quantitative estimate of drug-likeness (QED) is 0.0803. The summed E-state index contributed by atoms with van der Waals surface area (Å²) in [5, 5.41) is 2.92. The van der Waals surface area contributed by atoms with Crippen molar-refractivity contribution in [2.24, 2.45) is 5.73 Å². The van der Waals surface area contributed by atoms with Crippen molar-refractivity contribution in [2.75, 3.05) is 125 Å². The van der Waals surface area contributed by atoms with Crippen LogP contribution in [0.25, 0.3) is 0 Å². The molecule has 0 atom stereocenters. The first-order valence-corrected chi connectivity index (χ1v) is 17.9. The zero-order valence-corrected chi connectivity index (χ0v) is 30.9. The number of hydrogen-bond acceptors (Lipinski definition) is 13. The van der Waals surface area contributed by atoms with Gasteiger partial charge in [-0.1, -0.05) is 12.1 Å². The van der Waals surface area contributed by atoms with E-state index < -0.39 is 0 Å². The second kappa shape index (κ2) is 27.7. The summed E-state index contributed by atoms with van der Waals surface area (Å²) in [5.74, 6) is 0.768. The first-order chi connectivity index (χ1) is 24.2.